The Morgan fingerprint density at radius 3 is 2.67 bits per heavy atom. The first kappa shape index (κ1) is 16.0. The van der Waals surface area contributed by atoms with Crippen LogP contribution in [0.1, 0.15) is 23.1 Å². The van der Waals surface area contributed by atoms with Gasteiger partial charge in [0, 0.05) is 6.04 Å². The molecule has 0 aliphatic rings. The highest BCUT2D eigenvalue weighted by atomic mass is 35.5. The first-order chi connectivity index (χ1) is 10.1. The highest BCUT2D eigenvalue weighted by molar-refractivity contribution is 6.30. The summed E-state index contributed by atoms with van der Waals surface area (Å²) >= 11 is 5.81. The molecule has 1 unspecified atom stereocenters. The van der Waals surface area contributed by atoms with Gasteiger partial charge in [-0.2, -0.15) is 0 Å². The van der Waals surface area contributed by atoms with Gasteiger partial charge >= 0.3 is 0 Å². The lowest BCUT2D eigenvalue weighted by Crippen LogP contribution is -2.37. The highest BCUT2D eigenvalue weighted by Crippen LogP contribution is 2.18. The predicted octanol–water partition coefficient (Wildman–Crippen LogP) is 3.79. The van der Waals surface area contributed by atoms with Crippen LogP contribution in [0.25, 0.3) is 0 Å². The average Bonchev–Trinajstić information content (AvgIpc) is 2.48. The van der Waals surface area contributed by atoms with Crippen LogP contribution in [0.3, 0.4) is 0 Å². The van der Waals surface area contributed by atoms with E-state index in [0.29, 0.717) is 0 Å². The van der Waals surface area contributed by atoms with Crippen molar-refractivity contribution < 1.29 is 4.39 Å². The molecule has 1 atom stereocenters. The Labute approximate surface area is 130 Å². The van der Waals surface area contributed by atoms with E-state index >= 15 is 0 Å². The zero-order valence-corrected chi connectivity index (χ0v) is 12.8. The van der Waals surface area contributed by atoms with E-state index in [1.54, 1.807) is 12.1 Å². The van der Waals surface area contributed by atoms with Crippen LogP contribution >= 0.6 is 11.6 Å². The molecular weight excluding hydrogens is 287 g/mol. The van der Waals surface area contributed by atoms with E-state index in [0.717, 1.165) is 24.8 Å². The summed E-state index contributed by atoms with van der Waals surface area (Å²) in [4.78, 5) is 0. The molecular formula is C17H20ClFN2. The summed E-state index contributed by atoms with van der Waals surface area (Å²) in [5.74, 6) is 5.24. The minimum atomic E-state index is -0.391. The number of aryl methyl sites for hydroxylation is 2. The lowest BCUT2D eigenvalue weighted by atomic mass is 9.97. The lowest BCUT2D eigenvalue weighted by Gasteiger charge is -2.17. The topological polar surface area (TPSA) is 38.0 Å². The van der Waals surface area contributed by atoms with Crippen LogP contribution in [0.4, 0.5) is 4.39 Å². The molecule has 0 spiro atoms. The molecule has 21 heavy (non-hydrogen) atoms. The minimum absolute atomic E-state index is 0.131. The van der Waals surface area contributed by atoms with Crippen molar-refractivity contribution in [1.82, 2.24) is 5.43 Å². The Morgan fingerprint density at radius 2 is 2.00 bits per heavy atom. The summed E-state index contributed by atoms with van der Waals surface area (Å²) in [7, 11) is 0. The van der Waals surface area contributed by atoms with Crippen molar-refractivity contribution in [3.8, 4) is 0 Å². The third-order valence-corrected chi connectivity index (χ3v) is 4.01. The van der Waals surface area contributed by atoms with Crippen LogP contribution in [0.15, 0.2) is 42.5 Å². The van der Waals surface area contributed by atoms with Crippen LogP contribution < -0.4 is 11.3 Å². The molecule has 2 rings (SSSR count). The van der Waals surface area contributed by atoms with E-state index in [4.69, 9.17) is 17.4 Å². The maximum Gasteiger partial charge on any atom is 0.141 e. The quantitative estimate of drug-likeness (QED) is 0.629. The summed E-state index contributed by atoms with van der Waals surface area (Å²) in [5.41, 5.74) is 6.44. The van der Waals surface area contributed by atoms with Gasteiger partial charge in [-0.25, -0.2) is 4.39 Å². The van der Waals surface area contributed by atoms with Crippen molar-refractivity contribution in [2.75, 3.05) is 0 Å². The summed E-state index contributed by atoms with van der Waals surface area (Å²) in [6.07, 6.45) is 2.59. The summed E-state index contributed by atoms with van der Waals surface area (Å²) in [6.45, 7) is 2.11. The van der Waals surface area contributed by atoms with Gasteiger partial charge in [0.05, 0.1) is 5.02 Å². The molecule has 0 aliphatic carbocycles. The van der Waals surface area contributed by atoms with Gasteiger partial charge in [-0.15, -0.1) is 0 Å². The summed E-state index contributed by atoms with van der Waals surface area (Å²) in [6, 6.07) is 13.3. The van der Waals surface area contributed by atoms with Crippen LogP contribution in [0, 0.1) is 12.7 Å². The van der Waals surface area contributed by atoms with Gasteiger partial charge in [-0.3, -0.25) is 11.3 Å². The maximum atomic E-state index is 13.2. The van der Waals surface area contributed by atoms with Crippen molar-refractivity contribution in [2.24, 2.45) is 5.84 Å². The summed E-state index contributed by atoms with van der Waals surface area (Å²) in [5, 5.41) is 0.155. The van der Waals surface area contributed by atoms with E-state index in [1.807, 2.05) is 12.1 Å². The third-order valence-electron chi connectivity index (χ3n) is 3.73. The second kappa shape index (κ2) is 7.55. The van der Waals surface area contributed by atoms with Crippen molar-refractivity contribution in [2.45, 2.75) is 32.2 Å². The first-order valence-electron chi connectivity index (χ1n) is 7.04. The van der Waals surface area contributed by atoms with Gasteiger partial charge in [-0.1, -0.05) is 41.9 Å². The predicted molar refractivity (Wildman–Crippen MR) is 85.7 cm³/mol. The molecule has 0 bridgehead atoms. The largest absolute Gasteiger partial charge is 0.271 e. The van der Waals surface area contributed by atoms with Crippen molar-refractivity contribution in [3.05, 3.63) is 70.0 Å². The molecule has 112 valence electrons. The maximum absolute atomic E-state index is 13.2. The number of hydrogen-bond donors (Lipinski definition) is 2. The van der Waals surface area contributed by atoms with E-state index < -0.39 is 5.82 Å². The van der Waals surface area contributed by atoms with E-state index in [2.05, 4.69) is 24.5 Å². The first-order valence-corrected chi connectivity index (χ1v) is 7.42. The van der Waals surface area contributed by atoms with Crippen LogP contribution in [-0.2, 0) is 12.8 Å². The molecule has 2 aromatic carbocycles. The van der Waals surface area contributed by atoms with Gasteiger partial charge in [0.2, 0.25) is 0 Å². The standard InChI is InChI=1S/C17H20ClFN2/c1-12-4-2-3-5-14(12)7-8-15(21-20)10-13-6-9-17(19)16(18)11-13/h2-6,9,11,15,21H,7-8,10,20H2,1H3. The van der Waals surface area contributed by atoms with Crippen molar-refractivity contribution >= 4 is 11.6 Å². The van der Waals surface area contributed by atoms with Crippen LogP contribution in [0.5, 0.6) is 0 Å². The Bertz CT molecular complexity index is 601. The molecule has 0 aromatic heterocycles. The Balaban J connectivity index is 1.97. The van der Waals surface area contributed by atoms with Gasteiger partial charge in [0.1, 0.15) is 5.82 Å². The Morgan fingerprint density at radius 1 is 1.24 bits per heavy atom. The number of hydrazine groups is 1. The normalized spacial score (nSPS) is 12.4. The van der Waals surface area contributed by atoms with Gasteiger partial charge < -0.3 is 0 Å². The Hall–Kier alpha value is -1.42. The SMILES string of the molecule is Cc1ccccc1CCC(Cc1ccc(F)c(Cl)c1)NN. The molecule has 4 heteroatoms. The second-order valence-electron chi connectivity index (χ2n) is 5.28. The van der Waals surface area contributed by atoms with Crippen molar-refractivity contribution in [1.29, 1.82) is 0 Å². The number of halogens is 2. The third kappa shape index (κ3) is 4.53. The van der Waals surface area contributed by atoms with E-state index in [9.17, 15) is 4.39 Å². The zero-order valence-electron chi connectivity index (χ0n) is 12.1. The van der Waals surface area contributed by atoms with Crippen molar-refractivity contribution in [3.63, 3.8) is 0 Å². The highest BCUT2D eigenvalue weighted by Gasteiger charge is 2.10. The zero-order chi connectivity index (χ0) is 15.2. The molecule has 0 aliphatic heterocycles. The van der Waals surface area contributed by atoms with Gasteiger partial charge in [-0.05, 0) is 55.0 Å². The fourth-order valence-electron chi connectivity index (χ4n) is 2.42. The number of nitrogens with two attached hydrogens (primary N) is 1. The van der Waals surface area contributed by atoms with Crippen LogP contribution in [-0.4, -0.2) is 6.04 Å². The second-order valence-corrected chi connectivity index (χ2v) is 5.69. The van der Waals surface area contributed by atoms with E-state index in [-0.39, 0.29) is 11.1 Å². The number of nitrogens with one attached hydrogen (secondary N) is 1. The van der Waals surface area contributed by atoms with Gasteiger partial charge in [0.25, 0.3) is 0 Å². The number of benzene rings is 2. The fraction of sp³-hybridized carbons (Fsp3) is 0.294. The molecule has 0 radical (unpaired) electrons. The van der Waals surface area contributed by atoms with Gasteiger partial charge in [0.15, 0.2) is 0 Å². The number of hydrogen-bond acceptors (Lipinski definition) is 2. The van der Waals surface area contributed by atoms with Crippen LogP contribution in [0.2, 0.25) is 5.02 Å². The summed E-state index contributed by atoms with van der Waals surface area (Å²) < 4.78 is 13.2. The fourth-order valence-corrected chi connectivity index (χ4v) is 2.62. The molecule has 0 amide bonds. The molecule has 0 heterocycles. The molecule has 2 aromatic rings. The molecule has 0 saturated carbocycles. The molecule has 0 fully saturated rings. The Kier molecular flexibility index (Phi) is 5.74. The lowest BCUT2D eigenvalue weighted by molar-refractivity contribution is 0.490. The molecule has 3 N–H and O–H groups in total. The smallest absolute Gasteiger partial charge is 0.141 e. The van der Waals surface area contributed by atoms with E-state index in [1.165, 1.54) is 17.2 Å². The number of rotatable bonds is 6. The minimum Gasteiger partial charge on any atom is -0.271 e. The molecule has 2 nitrogen and oxygen atoms in total. The molecule has 0 saturated heterocycles. The monoisotopic (exact) mass is 306 g/mol. The average molecular weight is 307 g/mol.